The summed E-state index contributed by atoms with van der Waals surface area (Å²) in [4.78, 5) is 10.8. The highest BCUT2D eigenvalue weighted by molar-refractivity contribution is 5.82. The largest absolute Gasteiger partial charge is 0.298 e. The fourth-order valence-corrected chi connectivity index (χ4v) is 1.28. The number of nitrogens with zero attached hydrogens (tertiary/aromatic N) is 2. The first-order valence-electron chi connectivity index (χ1n) is 4.71. The highest BCUT2D eigenvalue weighted by Crippen LogP contribution is 2.14. The van der Waals surface area contributed by atoms with Crippen molar-refractivity contribution in [2.75, 3.05) is 0 Å². The van der Waals surface area contributed by atoms with Crippen LogP contribution in [0, 0.1) is 12.8 Å². The van der Waals surface area contributed by atoms with Crippen molar-refractivity contribution in [2.45, 2.75) is 20.8 Å². The Labute approximate surface area is 84.4 Å². The molecule has 0 saturated carbocycles. The normalized spacial score (nSPS) is 12.2. The lowest BCUT2D eigenvalue weighted by Gasteiger charge is -2.02. The minimum atomic E-state index is 0.257. The third kappa shape index (κ3) is 2.31. The number of carbonyl (C=O) groups is 1. The van der Waals surface area contributed by atoms with Crippen molar-refractivity contribution in [3.05, 3.63) is 23.0 Å². The Morgan fingerprint density at radius 3 is 2.57 bits per heavy atom. The lowest BCUT2D eigenvalue weighted by atomic mass is 10.0. The SMILES string of the molecule is Cc1nn(C)cc1/C=C(\C=O)C(C)C. The third-order valence-corrected chi connectivity index (χ3v) is 2.18. The van der Waals surface area contributed by atoms with Gasteiger partial charge < -0.3 is 0 Å². The average molecular weight is 192 g/mol. The van der Waals surface area contributed by atoms with Gasteiger partial charge in [-0.3, -0.25) is 9.48 Å². The van der Waals surface area contributed by atoms with Crippen LogP contribution in [0.2, 0.25) is 0 Å². The minimum Gasteiger partial charge on any atom is -0.298 e. The molecule has 3 nitrogen and oxygen atoms in total. The molecule has 0 N–H and O–H groups in total. The van der Waals surface area contributed by atoms with E-state index in [0.29, 0.717) is 0 Å². The van der Waals surface area contributed by atoms with Gasteiger partial charge in [-0.2, -0.15) is 5.10 Å². The Morgan fingerprint density at radius 2 is 2.21 bits per heavy atom. The van der Waals surface area contributed by atoms with Crippen LogP contribution in [0.5, 0.6) is 0 Å². The standard InChI is InChI=1S/C11H16N2O/c1-8(2)11(7-14)5-10-6-13(4)12-9(10)3/h5-8H,1-4H3/b11-5+. The monoisotopic (exact) mass is 192 g/mol. The summed E-state index contributed by atoms with van der Waals surface area (Å²) in [6, 6.07) is 0. The molecule has 14 heavy (non-hydrogen) atoms. The van der Waals surface area contributed by atoms with E-state index in [4.69, 9.17) is 0 Å². The number of rotatable bonds is 3. The summed E-state index contributed by atoms with van der Waals surface area (Å²) >= 11 is 0. The van der Waals surface area contributed by atoms with Crippen LogP contribution in [0.3, 0.4) is 0 Å². The van der Waals surface area contributed by atoms with Crippen molar-refractivity contribution in [2.24, 2.45) is 13.0 Å². The molecule has 0 unspecified atom stereocenters. The lowest BCUT2D eigenvalue weighted by molar-refractivity contribution is -0.105. The van der Waals surface area contributed by atoms with Gasteiger partial charge >= 0.3 is 0 Å². The van der Waals surface area contributed by atoms with Crippen LogP contribution >= 0.6 is 0 Å². The number of carbonyl (C=O) groups excluding carboxylic acids is 1. The highest BCUT2D eigenvalue weighted by atomic mass is 16.1. The van der Waals surface area contributed by atoms with Crippen LogP contribution in [0.25, 0.3) is 6.08 Å². The van der Waals surface area contributed by atoms with E-state index in [1.165, 1.54) is 0 Å². The Hall–Kier alpha value is -1.38. The van der Waals surface area contributed by atoms with Gasteiger partial charge in [-0.1, -0.05) is 13.8 Å². The van der Waals surface area contributed by atoms with Crippen molar-refractivity contribution in [3.63, 3.8) is 0 Å². The molecule has 0 aromatic carbocycles. The Kier molecular flexibility index (Phi) is 3.23. The van der Waals surface area contributed by atoms with Gasteiger partial charge in [0.1, 0.15) is 6.29 Å². The summed E-state index contributed by atoms with van der Waals surface area (Å²) in [5.74, 6) is 0.257. The van der Waals surface area contributed by atoms with Gasteiger partial charge in [0.25, 0.3) is 0 Å². The van der Waals surface area contributed by atoms with Crippen molar-refractivity contribution >= 4 is 12.4 Å². The van der Waals surface area contributed by atoms with Gasteiger partial charge in [0, 0.05) is 18.8 Å². The number of allylic oxidation sites excluding steroid dienone is 1. The fourth-order valence-electron chi connectivity index (χ4n) is 1.28. The number of hydrogen-bond donors (Lipinski definition) is 0. The number of aldehydes is 1. The van der Waals surface area contributed by atoms with Gasteiger partial charge in [-0.15, -0.1) is 0 Å². The van der Waals surface area contributed by atoms with E-state index in [2.05, 4.69) is 5.10 Å². The molecule has 0 aliphatic rings. The van der Waals surface area contributed by atoms with Crippen LogP contribution in [0.1, 0.15) is 25.1 Å². The molecule has 1 heterocycles. The molecule has 0 atom stereocenters. The van der Waals surface area contributed by atoms with E-state index in [9.17, 15) is 4.79 Å². The van der Waals surface area contributed by atoms with E-state index in [0.717, 1.165) is 23.1 Å². The summed E-state index contributed by atoms with van der Waals surface area (Å²) in [6.45, 7) is 5.95. The summed E-state index contributed by atoms with van der Waals surface area (Å²) in [6.07, 6.45) is 4.73. The van der Waals surface area contributed by atoms with Crippen LogP contribution in [-0.2, 0) is 11.8 Å². The predicted octanol–water partition coefficient (Wildman–Crippen LogP) is 1.97. The maximum Gasteiger partial charge on any atom is 0.146 e. The fraction of sp³-hybridized carbons (Fsp3) is 0.455. The number of aryl methyl sites for hydroxylation is 2. The van der Waals surface area contributed by atoms with E-state index in [1.54, 1.807) is 4.68 Å². The molecule has 1 aromatic heterocycles. The first-order chi connectivity index (χ1) is 6.54. The van der Waals surface area contributed by atoms with Crippen LogP contribution in [0.15, 0.2) is 11.8 Å². The molecule has 1 rings (SSSR count). The zero-order valence-corrected chi connectivity index (χ0v) is 9.11. The van der Waals surface area contributed by atoms with Crippen molar-refractivity contribution in [1.82, 2.24) is 9.78 Å². The van der Waals surface area contributed by atoms with Crippen molar-refractivity contribution < 1.29 is 4.79 Å². The summed E-state index contributed by atoms with van der Waals surface area (Å²) < 4.78 is 1.75. The first kappa shape index (κ1) is 10.7. The topological polar surface area (TPSA) is 34.9 Å². The maximum atomic E-state index is 10.8. The molecule has 0 amide bonds. The molecular formula is C11H16N2O. The summed E-state index contributed by atoms with van der Waals surface area (Å²) in [5.41, 5.74) is 2.77. The minimum absolute atomic E-state index is 0.257. The van der Waals surface area contributed by atoms with E-state index >= 15 is 0 Å². The van der Waals surface area contributed by atoms with Crippen molar-refractivity contribution in [1.29, 1.82) is 0 Å². The van der Waals surface area contributed by atoms with E-state index in [1.807, 2.05) is 40.1 Å². The smallest absolute Gasteiger partial charge is 0.146 e. The quantitative estimate of drug-likeness (QED) is 0.542. The van der Waals surface area contributed by atoms with Crippen LogP contribution in [0.4, 0.5) is 0 Å². The first-order valence-corrected chi connectivity index (χ1v) is 4.71. The van der Waals surface area contributed by atoms with Crippen LogP contribution < -0.4 is 0 Å². The Morgan fingerprint density at radius 1 is 1.57 bits per heavy atom. The average Bonchev–Trinajstić information content (AvgIpc) is 2.40. The molecule has 0 aliphatic carbocycles. The van der Waals surface area contributed by atoms with Gasteiger partial charge in [-0.25, -0.2) is 0 Å². The molecule has 1 aromatic rings. The Balaban J connectivity index is 3.05. The molecule has 0 aliphatic heterocycles. The molecule has 0 saturated heterocycles. The molecule has 0 fully saturated rings. The van der Waals surface area contributed by atoms with Crippen molar-refractivity contribution in [3.8, 4) is 0 Å². The summed E-state index contributed by atoms with van der Waals surface area (Å²) in [5, 5.41) is 4.21. The van der Waals surface area contributed by atoms with Gasteiger partial charge in [0.2, 0.25) is 0 Å². The predicted molar refractivity (Wildman–Crippen MR) is 56.8 cm³/mol. The lowest BCUT2D eigenvalue weighted by Crippen LogP contribution is -1.94. The molecule has 3 heteroatoms. The molecular weight excluding hydrogens is 176 g/mol. The maximum absolute atomic E-state index is 10.8. The Bertz CT molecular complexity index is 361. The molecule has 76 valence electrons. The zero-order valence-electron chi connectivity index (χ0n) is 9.11. The van der Waals surface area contributed by atoms with Gasteiger partial charge in [0.15, 0.2) is 0 Å². The van der Waals surface area contributed by atoms with Gasteiger partial charge in [0.05, 0.1) is 5.69 Å². The summed E-state index contributed by atoms with van der Waals surface area (Å²) in [7, 11) is 1.88. The second kappa shape index (κ2) is 4.22. The highest BCUT2D eigenvalue weighted by Gasteiger charge is 2.05. The van der Waals surface area contributed by atoms with Gasteiger partial charge in [-0.05, 0) is 24.5 Å². The second-order valence-electron chi connectivity index (χ2n) is 3.76. The molecule has 0 radical (unpaired) electrons. The second-order valence-corrected chi connectivity index (χ2v) is 3.76. The van der Waals surface area contributed by atoms with Crippen LogP contribution in [-0.4, -0.2) is 16.1 Å². The zero-order chi connectivity index (χ0) is 10.7. The number of hydrogen-bond acceptors (Lipinski definition) is 2. The number of aromatic nitrogens is 2. The van der Waals surface area contributed by atoms with E-state index in [-0.39, 0.29) is 5.92 Å². The van der Waals surface area contributed by atoms with E-state index < -0.39 is 0 Å². The molecule has 0 bridgehead atoms. The third-order valence-electron chi connectivity index (χ3n) is 2.18. The molecule has 0 spiro atoms.